The van der Waals surface area contributed by atoms with E-state index in [2.05, 4.69) is 10.2 Å². The molecule has 7 heteroatoms. The van der Waals surface area contributed by atoms with Crippen LogP contribution in [-0.2, 0) is 0 Å². The summed E-state index contributed by atoms with van der Waals surface area (Å²) in [6.45, 7) is 2.42. The van der Waals surface area contributed by atoms with Gasteiger partial charge in [-0.3, -0.25) is 9.69 Å². The first-order valence-electron chi connectivity index (χ1n) is 9.06. The van der Waals surface area contributed by atoms with Crippen LogP contribution in [0.3, 0.4) is 0 Å². The molecule has 1 amide bonds. The number of halogens is 2. The molecule has 142 valence electrons. The van der Waals surface area contributed by atoms with Crippen molar-refractivity contribution in [3.63, 3.8) is 0 Å². The van der Waals surface area contributed by atoms with Gasteiger partial charge in [0, 0.05) is 16.6 Å². The quantitative estimate of drug-likeness (QED) is 0.629. The van der Waals surface area contributed by atoms with Gasteiger partial charge >= 0.3 is 0 Å². The normalized spacial score (nSPS) is 16.5. The van der Waals surface area contributed by atoms with Crippen LogP contribution in [0.4, 0.5) is 4.39 Å². The zero-order chi connectivity index (χ0) is 18.8. The smallest absolute Gasteiger partial charge is 0.263 e. The Hall–Kier alpha value is -1.89. The summed E-state index contributed by atoms with van der Waals surface area (Å²) in [5.74, 6) is 0.271. The Morgan fingerprint density at radius 1 is 1.30 bits per heavy atom. The van der Waals surface area contributed by atoms with E-state index in [4.69, 9.17) is 16.0 Å². The summed E-state index contributed by atoms with van der Waals surface area (Å²) in [6, 6.07) is 8.18. The monoisotopic (exact) mass is 406 g/mol. The van der Waals surface area contributed by atoms with Crippen molar-refractivity contribution >= 4 is 38.9 Å². The number of rotatable bonds is 5. The van der Waals surface area contributed by atoms with Gasteiger partial charge in [-0.2, -0.15) is 0 Å². The second-order valence-electron chi connectivity index (χ2n) is 6.72. The Balaban J connectivity index is 1.52. The van der Waals surface area contributed by atoms with Gasteiger partial charge < -0.3 is 9.73 Å². The molecule has 1 atom stereocenters. The summed E-state index contributed by atoms with van der Waals surface area (Å²) < 4.78 is 19.7. The Morgan fingerprint density at radius 3 is 2.85 bits per heavy atom. The maximum Gasteiger partial charge on any atom is 0.263 e. The molecule has 3 heterocycles. The molecule has 27 heavy (non-hydrogen) atoms. The number of carbonyl (C=O) groups is 1. The van der Waals surface area contributed by atoms with E-state index < -0.39 is 0 Å². The van der Waals surface area contributed by atoms with Crippen LogP contribution in [0.25, 0.3) is 10.1 Å². The number of nitrogens with one attached hydrogen (secondary N) is 1. The minimum Gasteiger partial charge on any atom is -0.468 e. The van der Waals surface area contributed by atoms with Crippen molar-refractivity contribution in [3.05, 3.63) is 58.1 Å². The lowest BCUT2D eigenvalue weighted by molar-refractivity contribution is 0.0918. The third-order valence-electron chi connectivity index (χ3n) is 4.96. The van der Waals surface area contributed by atoms with Crippen LogP contribution < -0.4 is 5.32 Å². The van der Waals surface area contributed by atoms with Gasteiger partial charge in [-0.05, 0) is 56.3 Å². The fourth-order valence-electron chi connectivity index (χ4n) is 3.58. The van der Waals surface area contributed by atoms with E-state index in [9.17, 15) is 9.18 Å². The first kappa shape index (κ1) is 18.5. The molecule has 1 aliphatic rings. The van der Waals surface area contributed by atoms with Crippen LogP contribution in [0.5, 0.6) is 0 Å². The van der Waals surface area contributed by atoms with Crippen molar-refractivity contribution in [3.8, 4) is 0 Å². The predicted molar refractivity (Wildman–Crippen MR) is 106 cm³/mol. The first-order valence-corrected chi connectivity index (χ1v) is 10.3. The molecule has 4 nitrogen and oxygen atoms in total. The molecule has 3 aromatic rings. The van der Waals surface area contributed by atoms with Crippen molar-refractivity contribution in [2.24, 2.45) is 0 Å². The molecule has 0 aliphatic carbocycles. The topological polar surface area (TPSA) is 45.5 Å². The SMILES string of the molecule is O=C(NCC(c1ccco1)N1CCCCC1)c1sc2cc(F)ccc2c1Cl. The van der Waals surface area contributed by atoms with E-state index in [1.165, 1.54) is 29.9 Å². The molecule has 1 aliphatic heterocycles. The molecule has 1 unspecified atom stereocenters. The van der Waals surface area contributed by atoms with E-state index in [-0.39, 0.29) is 17.8 Å². The largest absolute Gasteiger partial charge is 0.468 e. The summed E-state index contributed by atoms with van der Waals surface area (Å²) in [5, 5.41) is 4.07. The van der Waals surface area contributed by atoms with Gasteiger partial charge in [0.05, 0.1) is 17.3 Å². The summed E-state index contributed by atoms with van der Waals surface area (Å²) in [4.78, 5) is 15.5. The number of thiophene rings is 1. The highest BCUT2D eigenvalue weighted by Crippen LogP contribution is 2.35. The number of benzene rings is 1. The number of nitrogens with zero attached hydrogens (tertiary/aromatic N) is 1. The molecule has 2 aromatic heterocycles. The number of likely N-dealkylation sites (tertiary alicyclic amines) is 1. The molecule has 0 radical (unpaired) electrons. The summed E-state index contributed by atoms with van der Waals surface area (Å²) >= 11 is 7.58. The van der Waals surface area contributed by atoms with Crippen molar-refractivity contribution in [2.75, 3.05) is 19.6 Å². The number of fused-ring (bicyclic) bond motifs is 1. The van der Waals surface area contributed by atoms with Gasteiger partial charge in [-0.25, -0.2) is 4.39 Å². The number of hydrogen-bond donors (Lipinski definition) is 1. The van der Waals surface area contributed by atoms with Crippen molar-refractivity contribution in [1.82, 2.24) is 10.2 Å². The minimum absolute atomic E-state index is 0.00477. The highest BCUT2D eigenvalue weighted by Gasteiger charge is 2.26. The molecular weight excluding hydrogens is 387 g/mol. The van der Waals surface area contributed by atoms with Gasteiger partial charge in [0.15, 0.2) is 0 Å². The van der Waals surface area contributed by atoms with E-state index in [1.54, 1.807) is 12.3 Å². The van der Waals surface area contributed by atoms with Crippen LogP contribution in [0.2, 0.25) is 5.02 Å². The van der Waals surface area contributed by atoms with Gasteiger partial charge in [0.25, 0.3) is 5.91 Å². The standard InChI is InChI=1S/C20H20ClFN2O2S/c21-18-14-7-6-13(22)11-17(14)27-19(18)20(25)23-12-15(16-5-4-10-26-16)24-8-2-1-3-9-24/h4-7,10-11,15H,1-3,8-9,12H2,(H,23,25). The summed E-state index contributed by atoms with van der Waals surface area (Å²) in [7, 11) is 0. The minimum atomic E-state index is -0.338. The number of piperidine rings is 1. The van der Waals surface area contributed by atoms with Crippen molar-refractivity contribution in [2.45, 2.75) is 25.3 Å². The van der Waals surface area contributed by atoms with Crippen LogP contribution in [0.15, 0.2) is 41.0 Å². The lowest BCUT2D eigenvalue weighted by atomic mass is 10.1. The number of hydrogen-bond acceptors (Lipinski definition) is 4. The average Bonchev–Trinajstić information content (AvgIpc) is 3.31. The molecule has 1 aromatic carbocycles. The molecule has 1 saturated heterocycles. The van der Waals surface area contributed by atoms with E-state index >= 15 is 0 Å². The fraction of sp³-hybridized carbons (Fsp3) is 0.350. The van der Waals surface area contributed by atoms with Gasteiger partial charge in [0.2, 0.25) is 0 Å². The molecular formula is C20H20ClFN2O2S. The van der Waals surface area contributed by atoms with Crippen LogP contribution >= 0.6 is 22.9 Å². The third kappa shape index (κ3) is 3.88. The molecule has 0 bridgehead atoms. The maximum absolute atomic E-state index is 13.4. The molecule has 1 N–H and O–H groups in total. The third-order valence-corrected chi connectivity index (χ3v) is 6.61. The second-order valence-corrected chi connectivity index (χ2v) is 8.15. The molecule has 4 rings (SSSR count). The lowest BCUT2D eigenvalue weighted by Crippen LogP contribution is -2.40. The Labute approximate surface area is 165 Å². The number of furan rings is 1. The Kier molecular flexibility index (Phi) is 5.48. The van der Waals surface area contributed by atoms with Crippen molar-refractivity contribution in [1.29, 1.82) is 0 Å². The lowest BCUT2D eigenvalue weighted by Gasteiger charge is -2.33. The van der Waals surface area contributed by atoms with E-state index in [1.807, 2.05) is 12.1 Å². The van der Waals surface area contributed by atoms with Crippen LogP contribution in [-0.4, -0.2) is 30.4 Å². The molecule has 0 spiro atoms. The number of amides is 1. The first-order chi connectivity index (χ1) is 13.1. The molecule has 1 fully saturated rings. The zero-order valence-electron chi connectivity index (χ0n) is 14.7. The average molecular weight is 407 g/mol. The fourth-order valence-corrected chi connectivity index (χ4v) is 5.03. The Bertz CT molecular complexity index is 935. The maximum atomic E-state index is 13.4. The van der Waals surface area contributed by atoms with Crippen LogP contribution in [0, 0.1) is 5.82 Å². The van der Waals surface area contributed by atoms with Crippen molar-refractivity contribution < 1.29 is 13.6 Å². The van der Waals surface area contributed by atoms with Crippen LogP contribution in [0.1, 0.15) is 40.7 Å². The predicted octanol–water partition coefficient (Wildman–Crippen LogP) is 5.24. The zero-order valence-corrected chi connectivity index (χ0v) is 16.3. The second kappa shape index (κ2) is 8.00. The highest BCUT2D eigenvalue weighted by molar-refractivity contribution is 7.21. The van der Waals surface area contributed by atoms with E-state index in [0.717, 1.165) is 31.7 Å². The highest BCUT2D eigenvalue weighted by atomic mass is 35.5. The van der Waals surface area contributed by atoms with Gasteiger partial charge in [-0.1, -0.05) is 18.0 Å². The van der Waals surface area contributed by atoms with Gasteiger partial charge in [0.1, 0.15) is 16.5 Å². The number of carbonyl (C=O) groups excluding carboxylic acids is 1. The van der Waals surface area contributed by atoms with Gasteiger partial charge in [-0.15, -0.1) is 11.3 Å². The molecule has 0 saturated carbocycles. The Morgan fingerprint density at radius 2 is 2.11 bits per heavy atom. The van der Waals surface area contributed by atoms with E-state index in [0.29, 0.717) is 26.5 Å². The summed E-state index contributed by atoms with van der Waals surface area (Å²) in [5.41, 5.74) is 0. The summed E-state index contributed by atoms with van der Waals surface area (Å²) in [6.07, 6.45) is 5.20.